The van der Waals surface area contributed by atoms with Crippen LogP contribution < -0.4 is 20.7 Å². The van der Waals surface area contributed by atoms with Gasteiger partial charge in [-0.05, 0) is 90.9 Å². The summed E-state index contributed by atoms with van der Waals surface area (Å²) < 4.78 is 6.52. The van der Waals surface area contributed by atoms with Crippen LogP contribution in [0.25, 0.3) is 16.3 Å². The summed E-state index contributed by atoms with van der Waals surface area (Å²) in [6.07, 6.45) is 1.49. The lowest BCUT2D eigenvalue weighted by Crippen LogP contribution is -2.30. The van der Waals surface area contributed by atoms with Crippen LogP contribution in [-0.2, 0) is 9.59 Å². The van der Waals surface area contributed by atoms with Crippen molar-refractivity contribution < 1.29 is 19.1 Å². The average molecular weight is 754 g/mol. The van der Waals surface area contributed by atoms with Crippen molar-refractivity contribution in [3.8, 4) is 5.75 Å². The molecule has 0 aliphatic carbocycles. The predicted octanol–water partition coefficient (Wildman–Crippen LogP) is 9.88. The number of hydrogen-bond acceptors (Lipinski definition) is 7. The van der Waals surface area contributed by atoms with Gasteiger partial charge in [0.2, 0.25) is 5.91 Å². The Kier molecular flexibility index (Phi) is 11.7. The van der Waals surface area contributed by atoms with Gasteiger partial charge in [-0.15, -0.1) is 11.8 Å². The van der Waals surface area contributed by atoms with Crippen LogP contribution in [0, 0.1) is 0 Å². The molecule has 3 amide bonds. The number of nitrogens with zero attached hydrogens (tertiary/aromatic N) is 1. The summed E-state index contributed by atoms with van der Waals surface area (Å²) in [4.78, 5) is 45.7. The Labute approximate surface area is 312 Å². The molecule has 1 aromatic heterocycles. The topological polar surface area (TPSA) is 109 Å². The molecule has 8 nitrogen and oxygen atoms in total. The molecular formula is C39H30Cl2N4O4S2. The number of thiazole rings is 1. The van der Waals surface area contributed by atoms with E-state index in [-0.39, 0.29) is 11.6 Å². The monoisotopic (exact) mass is 752 g/mol. The van der Waals surface area contributed by atoms with Gasteiger partial charge in [-0.1, -0.05) is 89.1 Å². The zero-order valence-electron chi connectivity index (χ0n) is 27.1. The molecule has 1 atom stereocenters. The third-order valence-electron chi connectivity index (χ3n) is 7.40. The molecule has 12 heteroatoms. The van der Waals surface area contributed by atoms with Gasteiger partial charge in [0, 0.05) is 26.2 Å². The molecule has 3 N–H and O–H groups in total. The van der Waals surface area contributed by atoms with Crippen LogP contribution in [-0.4, -0.2) is 29.3 Å². The number of carbonyl (C=O) groups excluding carboxylic acids is 3. The van der Waals surface area contributed by atoms with Gasteiger partial charge in [0.1, 0.15) is 16.7 Å². The Balaban J connectivity index is 1.19. The highest BCUT2D eigenvalue weighted by molar-refractivity contribution is 8.00. The lowest BCUT2D eigenvalue weighted by molar-refractivity contribution is -0.116. The molecule has 0 fully saturated rings. The van der Waals surface area contributed by atoms with Crippen molar-refractivity contribution in [1.82, 2.24) is 10.3 Å². The molecule has 51 heavy (non-hydrogen) atoms. The minimum Gasteiger partial charge on any atom is -0.494 e. The zero-order chi connectivity index (χ0) is 35.7. The fourth-order valence-corrected chi connectivity index (χ4v) is 7.34. The highest BCUT2D eigenvalue weighted by atomic mass is 35.5. The van der Waals surface area contributed by atoms with Crippen molar-refractivity contribution >= 4 is 91.1 Å². The third-order valence-corrected chi connectivity index (χ3v) is 10.2. The smallest absolute Gasteiger partial charge is 0.272 e. The number of ether oxygens (including phenoxy) is 1. The third kappa shape index (κ3) is 9.36. The van der Waals surface area contributed by atoms with Crippen LogP contribution in [0.3, 0.4) is 0 Å². The summed E-state index contributed by atoms with van der Waals surface area (Å²) in [6, 6.07) is 35.7. The van der Waals surface area contributed by atoms with Gasteiger partial charge < -0.3 is 20.7 Å². The van der Waals surface area contributed by atoms with E-state index >= 15 is 0 Å². The maximum atomic E-state index is 13.7. The second-order valence-corrected chi connectivity index (χ2v) is 14.1. The zero-order valence-corrected chi connectivity index (χ0v) is 30.2. The van der Waals surface area contributed by atoms with E-state index in [1.807, 2.05) is 67.6 Å². The first-order chi connectivity index (χ1) is 24.7. The Bertz CT molecular complexity index is 2210. The number of carbonyl (C=O) groups is 3. The van der Waals surface area contributed by atoms with Crippen LogP contribution in [0.15, 0.2) is 132 Å². The van der Waals surface area contributed by atoms with E-state index in [9.17, 15) is 14.4 Å². The summed E-state index contributed by atoms with van der Waals surface area (Å²) in [5, 5.41) is 9.21. The van der Waals surface area contributed by atoms with Crippen LogP contribution in [0.5, 0.6) is 5.75 Å². The SMILES string of the molecule is CCOc1ccc2nc(NC(=O)C(Sc3ccc(NC(=O)/C(=C/c4ccc(Cl)cc4Cl)NC(=O)c4ccccc4)cc3)c3ccccc3)sc2c1. The molecule has 1 heterocycles. The van der Waals surface area contributed by atoms with Crippen molar-refractivity contribution in [2.75, 3.05) is 17.2 Å². The summed E-state index contributed by atoms with van der Waals surface area (Å²) in [7, 11) is 0. The molecule has 5 aromatic carbocycles. The second-order valence-electron chi connectivity index (χ2n) is 11.0. The minimum atomic E-state index is -0.593. The number of aromatic nitrogens is 1. The average Bonchev–Trinajstić information content (AvgIpc) is 3.54. The van der Waals surface area contributed by atoms with E-state index in [1.54, 1.807) is 60.7 Å². The van der Waals surface area contributed by atoms with E-state index in [0.717, 1.165) is 26.4 Å². The van der Waals surface area contributed by atoms with E-state index in [0.29, 0.717) is 38.6 Å². The fraction of sp³-hybridized carbons (Fsp3) is 0.0769. The van der Waals surface area contributed by atoms with E-state index in [4.69, 9.17) is 27.9 Å². The van der Waals surface area contributed by atoms with Gasteiger partial charge in [-0.25, -0.2) is 4.98 Å². The molecule has 0 saturated carbocycles. The normalized spacial score (nSPS) is 11.9. The van der Waals surface area contributed by atoms with Gasteiger partial charge in [-0.2, -0.15) is 0 Å². The Morgan fingerprint density at radius 2 is 1.59 bits per heavy atom. The van der Waals surface area contributed by atoms with E-state index < -0.39 is 17.1 Å². The Morgan fingerprint density at radius 1 is 0.863 bits per heavy atom. The number of benzene rings is 5. The van der Waals surface area contributed by atoms with Crippen molar-refractivity contribution in [3.63, 3.8) is 0 Å². The van der Waals surface area contributed by atoms with Gasteiger partial charge >= 0.3 is 0 Å². The maximum Gasteiger partial charge on any atom is 0.272 e. The van der Waals surface area contributed by atoms with Crippen molar-refractivity contribution in [3.05, 3.63) is 154 Å². The number of nitrogens with one attached hydrogen (secondary N) is 3. The van der Waals surface area contributed by atoms with Crippen molar-refractivity contribution in [1.29, 1.82) is 0 Å². The van der Waals surface area contributed by atoms with Gasteiger partial charge in [0.25, 0.3) is 11.8 Å². The molecular weight excluding hydrogens is 723 g/mol. The Hall–Kier alpha value is -5.13. The largest absolute Gasteiger partial charge is 0.494 e. The number of amides is 3. The lowest BCUT2D eigenvalue weighted by Gasteiger charge is -2.17. The highest BCUT2D eigenvalue weighted by Gasteiger charge is 2.24. The summed E-state index contributed by atoms with van der Waals surface area (Å²) >= 11 is 15.2. The molecule has 0 saturated heterocycles. The first-order valence-electron chi connectivity index (χ1n) is 15.8. The summed E-state index contributed by atoms with van der Waals surface area (Å²) in [5.41, 5.74) is 2.94. The van der Waals surface area contributed by atoms with E-state index in [1.165, 1.54) is 29.2 Å². The summed E-state index contributed by atoms with van der Waals surface area (Å²) in [5.74, 6) is -0.492. The first kappa shape index (κ1) is 35.7. The van der Waals surface area contributed by atoms with Crippen molar-refractivity contribution in [2.24, 2.45) is 0 Å². The molecule has 6 rings (SSSR count). The summed E-state index contributed by atoms with van der Waals surface area (Å²) in [6.45, 7) is 2.48. The van der Waals surface area contributed by atoms with Crippen LogP contribution >= 0.6 is 46.3 Å². The molecule has 1 unspecified atom stereocenters. The molecule has 6 aromatic rings. The molecule has 0 bridgehead atoms. The van der Waals surface area contributed by atoms with Crippen molar-refractivity contribution in [2.45, 2.75) is 17.1 Å². The van der Waals surface area contributed by atoms with Crippen LogP contribution in [0.2, 0.25) is 10.0 Å². The predicted molar refractivity (Wildman–Crippen MR) is 208 cm³/mol. The molecule has 0 radical (unpaired) electrons. The highest BCUT2D eigenvalue weighted by Crippen LogP contribution is 2.38. The maximum absolute atomic E-state index is 13.7. The van der Waals surface area contributed by atoms with E-state index in [2.05, 4.69) is 20.9 Å². The molecule has 0 aliphatic heterocycles. The molecule has 0 spiro atoms. The number of halogens is 2. The van der Waals surface area contributed by atoms with Gasteiger partial charge in [0.05, 0.1) is 16.8 Å². The number of rotatable bonds is 12. The number of hydrogen-bond donors (Lipinski definition) is 3. The second kappa shape index (κ2) is 16.7. The minimum absolute atomic E-state index is 0.0173. The van der Waals surface area contributed by atoms with Crippen LogP contribution in [0.1, 0.15) is 33.7 Å². The van der Waals surface area contributed by atoms with Gasteiger partial charge in [-0.3, -0.25) is 14.4 Å². The van der Waals surface area contributed by atoms with Gasteiger partial charge in [0.15, 0.2) is 5.13 Å². The number of anilines is 2. The molecule has 0 aliphatic rings. The first-order valence-corrected chi connectivity index (χ1v) is 18.2. The van der Waals surface area contributed by atoms with Crippen LogP contribution in [0.4, 0.5) is 10.8 Å². The number of fused-ring (bicyclic) bond motifs is 1. The quantitative estimate of drug-likeness (QED) is 0.0848. The number of thioether (sulfide) groups is 1. The fourth-order valence-electron chi connectivity index (χ4n) is 4.95. The standard InChI is InChI=1S/C39H30Cl2N4O4S2/c1-2-49-29-17-20-32-34(23-29)51-39(44-32)45-38(48)35(24-9-5-3-6-10-24)50-30-18-15-28(16-19-30)42-37(47)33(21-26-13-14-27(40)22-31(26)41)43-36(46)25-11-7-4-8-12-25/h3-23,35H,2H2,1H3,(H,42,47)(H,43,46)(H,44,45,48)/b33-21-. The lowest BCUT2D eigenvalue weighted by atomic mass is 10.1. The Morgan fingerprint density at radius 3 is 2.29 bits per heavy atom. The molecule has 256 valence electrons.